The van der Waals surface area contributed by atoms with Crippen LogP contribution in [0.25, 0.3) is 0 Å². The molecule has 2 aromatic rings. The molecule has 1 aromatic heterocycles. The molecule has 0 radical (unpaired) electrons. The molecule has 1 aliphatic heterocycles. The summed E-state index contributed by atoms with van der Waals surface area (Å²) >= 11 is 1.79. The summed E-state index contributed by atoms with van der Waals surface area (Å²) in [5.74, 6) is 0. The molecule has 1 atom stereocenters. The van der Waals surface area contributed by atoms with E-state index < -0.39 is 0 Å². The molecule has 0 saturated carbocycles. The Morgan fingerprint density at radius 1 is 1.44 bits per heavy atom. The molecule has 1 saturated heterocycles. The largest absolute Gasteiger partial charge is 0.309 e. The zero-order valence-corrected chi connectivity index (χ0v) is 11.5. The van der Waals surface area contributed by atoms with Crippen LogP contribution in [0.15, 0.2) is 29.6 Å². The van der Waals surface area contributed by atoms with Crippen molar-refractivity contribution in [1.82, 2.24) is 10.3 Å². The lowest BCUT2D eigenvalue weighted by molar-refractivity contribution is 0.630. The van der Waals surface area contributed by atoms with Crippen LogP contribution in [-0.2, 0) is 6.42 Å². The summed E-state index contributed by atoms with van der Waals surface area (Å²) in [6.07, 6.45) is 3.46. The highest BCUT2D eigenvalue weighted by Crippen LogP contribution is 2.25. The first-order valence-corrected chi connectivity index (χ1v) is 7.42. The highest BCUT2D eigenvalue weighted by Gasteiger charge is 2.18. The predicted octanol–water partition coefficient (Wildman–Crippen LogP) is 3.47. The fourth-order valence-corrected chi connectivity index (χ4v) is 3.38. The summed E-state index contributed by atoms with van der Waals surface area (Å²) in [5, 5.41) is 6.95. The van der Waals surface area contributed by atoms with Crippen LogP contribution in [0.2, 0.25) is 0 Å². The maximum Gasteiger partial charge on any atom is 0.0972 e. The van der Waals surface area contributed by atoms with Crippen molar-refractivity contribution in [3.63, 3.8) is 0 Å². The molecule has 2 heterocycles. The van der Waals surface area contributed by atoms with Crippen LogP contribution in [0.4, 0.5) is 0 Å². The van der Waals surface area contributed by atoms with Crippen molar-refractivity contribution in [1.29, 1.82) is 0 Å². The van der Waals surface area contributed by atoms with Gasteiger partial charge < -0.3 is 5.32 Å². The maximum absolute atomic E-state index is 4.77. The van der Waals surface area contributed by atoms with E-state index in [2.05, 4.69) is 41.9 Å². The van der Waals surface area contributed by atoms with Gasteiger partial charge in [-0.05, 0) is 31.9 Å². The molecule has 0 spiro atoms. The summed E-state index contributed by atoms with van der Waals surface area (Å²) in [4.78, 5) is 4.77. The van der Waals surface area contributed by atoms with Gasteiger partial charge in [0, 0.05) is 11.8 Å². The van der Waals surface area contributed by atoms with Gasteiger partial charge in [-0.2, -0.15) is 0 Å². The molecule has 1 aliphatic rings. The van der Waals surface area contributed by atoms with Gasteiger partial charge in [-0.1, -0.05) is 29.8 Å². The van der Waals surface area contributed by atoms with Crippen molar-refractivity contribution >= 4 is 11.3 Å². The minimum atomic E-state index is 0.493. The minimum absolute atomic E-state index is 0.493. The zero-order chi connectivity index (χ0) is 12.4. The lowest BCUT2D eigenvalue weighted by Crippen LogP contribution is -2.13. The van der Waals surface area contributed by atoms with E-state index in [0.29, 0.717) is 6.04 Å². The van der Waals surface area contributed by atoms with E-state index >= 15 is 0 Å². The number of aromatic nitrogens is 1. The molecule has 1 N–H and O–H groups in total. The molecule has 18 heavy (non-hydrogen) atoms. The van der Waals surface area contributed by atoms with Crippen molar-refractivity contribution < 1.29 is 0 Å². The number of benzene rings is 1. The van der Waals surface area contributed by atoms with Gasteiger partial charge >= 0.3 is 0 Å². The number of nitrogens with one attached hydrogen (secondary N) is 1. The summed E-state index contributed by atoms with van der Waals surface area (Å²) in [7, 11) is 0. The smallest absolute Gasteiger partial charge is 0.0972 e. The van der Waals surface area contributed by atoms with Crippen LogP contribution in [0.3, 0.4) is 0 Å². The van der Waals surface area contributed by atoms with Crippen LogP contribution in [-0.4, -0.2) is 11.5 Å². The third-order valence-corrected chi connectivity index (χ3v) is 4.29. The number of hydrogen-bond donors (Lipinski definition) is 1. The average Bonchev–Trinajstić information content (AvgIpc) is 2.98. The zero-order valence-electron chi connectivity index (χ0n) is 10.6. The summed E-state index contributed by atoms with van der Waals surface area (Å²) in [6.45, 7) is 3.27. The highest BCUT2D eigenvalue weighted by atomic mass is 32.1. The Labute approximate surface area is 112 Å². The standard InChI is InChI=1S/C15H18N2S/c1-11-4-2-5-12(8-11)9-15-17-14(10-18-15)13-6-3-7-16-13/h2,4-5,8,10,13,16H,3,6-7,9H2,1H3/t13-/m0/s1. The van der Waals surface area contributed by atoms with E-state index in [1.807, 2.05) is 0 Å². The van der Waals surface area contributed by atoms with Crippen molar-refractivity contribution in [3.05, 3.63) is 51.5 Å². The van der Waals surface area contributed by atoms with Crippen LogP contribution >= 0.6 is 11.3 Å². The first-order valence-electron chi connectivity index (χ1n) is 6.54. The third-order valence-electron chi connectivity index (χ3n) is 3.42. The fraction of sp³-hybridized carbons (Fsp3) is 0.400. The van der Waals surface area contributed by atoms with Crippen molar-refractivity contribution in [2.75, 3.05) is 6.54 Å². The van der Waals surface area contributed by atoms with E-state index in [1.54, 1.807) is 11.3 Å². The first kappa shape index (κ1) is 11.9. The van der Waals surface area contributed by atoms with Crippen LogP contribution in [0.5, 0.6) is 0 Å². The quantitative estimate of drug-likeness (QED) is 0.912. The van der Waals surface area contributed by atoms with Crippen molar-refractivity contribution in [2.45, 2.75) is 32.2 Å². The Bertz CT molecular complexity index is 527. The molecule has 0 unspecified atom stereocenters. The Kier molecular flexibility index (Phi) is 3.43. The lowest BCUT2D eigenvalue weighted by Gasteiger charge is -2.05. The van der Waals surface area contributed by atoms with Gasteiger partial charge in [0.15, 0.2) is 0 Å². The fourth-order valence-electron chi connectivity index (χ4n) is 2.50. The van der Waals surface area contributed by atoms with Gasteiger partial charge in [-0.25, -0.2) is 4.98 Å². The predicted molar refractivity (Wildman–Crippen MR) is 76.1 cm³/mol. The second-order valence-corrected chi connectivity index (χ2v) is 5.92. The summed E-state index contributed by atoms with van der Waals surface area (Å²) in [5.41, 5.74) is 3.91. The lowest BCUT2D eigenvalue weighted by atomic mass is 10.1. The molecule has 1 fully saturated rings. The molecule has 94 valence electrons. The van der Waals surface area contributed by atoms with Gasteiger partial charge in [0.1, 0.15) is 0 Å². The topological polar surface area (TPSA) is 24.9 Å². The molecule has 3 rings (SSSR count). The molecule has 3 heteroatoms. The normalized spacial score (nSPS) is 19.3. The summed E-state index contributed by atoms with van der Waals surface area (Å²) in [6, 6.07) is 9.18. The summed E-state index contributed by atoms with van der Waals surface area (Å²) < 4.78 is 0. The Hall–Kier alpha value is -1.19. The highest BCUT2D eigenvalue weighted by molar-refractivity contribution is 7.09. The van der Waals surface area contributed by atoms with Gasteiger partial charge in [-0.15, -0.1) is 11.3 Å². The molecular weight excluding hydrogens is 240 g/mol. The van der Waals surface area contributed by atoms with Gasteiger partial charge in [0.25, 0.3) is 0 Å². The van der Waals surface area contributed by atoms with E-state index in [-0.39, 0.29) is 0 Å². The second-order valence-electron chi connectivity index (χ2n) is 4.98. The van der Waals surface area contributed by atoms with Crippen molar-refractivity contribution in [3.8, 4) is 0 Å². The number of nitrogens with zero attached hydrogens (tertiary/aromatic N) is 1. The van der Waals surface area contributed by atoms with Gasteiger partial charge in [0.05, 0.1) is 16.7 Å². The Balaban J connectivity index is 1.73. The Morgan fingerprint density at radius 2 is 2.39 bits per heavy atom. The molecular formula is C15H18N2S. The van der Waals surface area contributed by atoms with E-state index in [9.17, 15) is 0 Å². The monoisotopic (exact) mass is 258 g/mol. The minimum Gasteiger partial charge on any atom is -0.309 e. The van der Waals surface area contributed by atoms with E-state index in [1.165, 1.54) is 34.7 Å². The number of aryl methyl sites for hydroxylation is 1. The second kappa shape index (κ2) is 5.21. The molecule has 2 nitrogen and oxygen atoms in total. The molecule has 0 amide bonds. The number of hydrogen-bond acceptors (Lipinski definition) is 3. The Morgan fingerprint density at radius 3 is 3.17 bits per heavy atom. The molecule has 0 bridgehead atoms. The maximum atomic E-state index is 4.77. The number of rotatable bonds is 3. The first-order chi connectivity index (χ1) is 8.81. The van der Waals surface area contributed by atoms with Gasteiger partial charge in [0.2, 0.25) is 0 Å². The van der Waals surface area contributed by atoms with Crippen molar-refractivity contribution in [2.24, 2.45) is 0 Å². The van der Waals surface area contributed by atoms with Gasteiger partial charge in [-0.3, -0.25) is 0 Å². The van der Waals surface area contributed by atoms with E-state index in [4.69, 9.17) is 4.98 Å². The SMILES string of the molecule is Cc1cccc(Cc2nc([C@@H]3CCCN3)cs2)c1. The van der Waals surface area contributed by atoms with Crippen LogP contribution in [0.1, 0.15) is 40.7 Å². The third kappa shape index (κ3) is 2.62. The number of thiazole rings is 1. The average molecular weight is 258 g/mol. The molecule has 1 aromatic carbocycles. The molecule has 0 aliphatic carbocycles. The van der Waals surface area contributed by atoms with E-state index in [0.717, 1.165) is 13.0 Å². The van der Waals surface area contributed by atoms with Crippen LogP contribution in [0, 0.1) is 6.92 Å². The van der Waals surface area contributed by atoms with Crippen LogP contribution < -0.4 is 5.32 Å².